The van der Waals surface area contributed by atoms with Crippen LogP contribution in [-0.2, 0) is 0 Å². The first-order valence-corrected chi connectivity index (χ1v) is 13.1. The third kappa shape index (κ3) is 4.88. The molecule has 3 amide bonds. The van der Waals surface area contributed by atoms with Crippen molar-refractivity contribution in [1.82, 2.24) is 9.80 Å². The summed E-state index contributed by atoms with van der Waals surface area (Å²) in [5.41, 5.74) is 1.78. The number of nitrogens with zero attached hydrogens (tertiary/aromatic N) is 2. The van der Waals surface area contributed by atoms with Crippen LogP contribution in [-0.4, -0.2) is 47.9 Å². The quantitative estimate of drug-likeness (QED) is 0.342. The molecule has 190 valence electrons. The lowest BCUT2D eigenvalue weighted by atomic mass is 9.78. The Hall–Kier alpha value is -4.50. The second-order valence-electron chi connectivity index (χ2n) is 10.2. The third-order valence-corrected chi connectivity index (χ3v) is 7.79. The molecule has 0 atom stereocenters. The maximum Gasteiger partial charge on any atom is 0.321 e. The Morgan fingerprint density at radius 3 is 2.29 bits per heavy atom. The van der Waals surface area contributed by atoms with Crippen molar-refractivity contribution in [2.24, 2.45) is 5.41 Å². The molecule has 3 aromatic carbocycles. The summed E-state index contributed by atoms with van der Waals surface area (Å²) in [6.45, 7) is 2.75. The predicted octanol–water partition coefficient (Wildman–Crippen LogP) is 5.99. The van der Waals surface area contributed by atoms with Crippen LogP contribution in [0.25, 0.3) is 10.8 Å². The summed E-state index contributed by atoms with van der Waals surface area (Å²) in [7, 11) is 0. The molecular weight excluding hydrogens is 474 g/mol. The lowest BCUT2D eigenvalue weighted by molar-refractivity contribution is 0.0709. The molecule has 0 bridgehead atoms. The van der Waals surface area contributed by atoms with Crippen LogP contribution in [0.1, 0.15) is 41.1 Å². The fraction of sp³-hybridized carbons (Fsp3) is 0.250. The van der Waals surface area contributed by atoms with Gasteiger partial charge in [-0.1, -0.05) is 60.5 Å². The van der Waals surface area contributed by atoms with Gasteiger partial charge in [-0.3, -0.25) is 4.79 Å². The maximum atomic E-state index is 13.2. The number of hydrogen-bond donors (Lipinski definition) is 1. The molecule has 6 rings (SSSR count). The van der Waals surface area contributed by atoms with Gasteiger partial charge in [-0.15, -0.1) is 0 Å². The minimum atomic E-state index is -0.0919. The minimum absolute atomic E-state index is 0.0500. The molecule has 0 unspecified atom stereocenters. The number of benzene rings is 3. The van der Waals surface area contributed by atoms with E-state index in [4.69, 9.17) is 4.42 Å². The van der Waals surface area contributed by atoms with Gasteiger partial charge in [0.2, 0.25) is 0 Å². The molecule has 0 aliphatic carbocycles. The van der Waals surface area contributed by atoms with E-state index in [0.29, 0.717) is 37.7 Å². The highest BCUT2D eigenvalue weighted by Crippen LogP contribution is 2.41. The zero-order chi connectivity index (χ0) is 26.0. The zero-order valence-electron chi connectivity index (χ0n) is 21.2. The summed E-state index contributed by atoms with van der Waals surface area (Å²) in [6.07, 6.45) is 2.70. The third-order valence-electron chi connectivity index (χ3n) is 7.79. The van der Waals surface area contributed by atoms with Crippen molar-refractivity contribution >= 4 is 28.4 Å². The van der Waals surface area contributed by atoms with Crippen LogP contribution in [0.3, 0.4) is 0 Å². The molecule has 38 heavy (non-hydrogen) atoms. The van der Waals surface area contributed by atoms with Crippen LogP contribution < -0.4 is 5.32 Å². The van der Waals surface area contributed by atoms with E-state index in [9.17, 15) is 9.59 Å². The second-order valence-corrected chi connectivity index (χ2v) is 10.2. The van der Waals surface area contributed by atoms with Crippen LogP contribution in [0.15, 0.2) is 89.3 Å². The number of likely N-dealkylation sites (tertiary alicyclic amines) is 2. The largest absolute Gasteiger partial charge is 0.443 e. The molecule has 2 aliphatic heterocycles. The SMILES string of the molecule is O=C(Nc1cccc2ccccc12)N1CCC2(CC1)CCN(C(=O)c1ccc(C#Cc3ccccc3)o1)C2. The molecule has 3 heterocycles. The Balaban J connectivity index is 1.05. The summed E-state index contributed by atoms with van der Waals surface area (Å²) in [5, 5.41) is 5.24. The molecule has 6 heteroatoms. The summed E-state index contributed by atoms with van der Waals surface area (Å²) < 4.78 is 5.76. The van der Waals surface area contributed by atoms with Crippen molar-refractivity contribution in [1.29, 1.82) is 0 Å². The standard InChI is InChI=1S/C32H29N3O3/c36-30(29-16-15-26(38-29)14-13-24-7-2-1-3-8-24)35-22-19-32(23-35)17-20-34(21-18-32)31(37)33-28-12-6-10-25-9-4-5-11-27(25)28/h1-12,15-16H,17-23H2,(H,33,37). The number of carbonyl (C=O) groups excluding carboxylic acids is 2. The highest BCUT2D eigenvalue weighted by Gasteiger charge is 2.43. The van der Waals surface area contributed by atoms with E-state index in [-0.39, 0.29) is 17.4 Å². The van der Waals surface area contributed by atoms with E-state index in [1.54, 1.807) is 12.1 Å². The maximum absolute atomic E-state index is 13.2. The van der Waals surface area contributed by atoms with Crippen molar-refractivity contribution in [2.75, 3.05) is 31.5 Å². The van der Waals surface area contributed by atoms with Gasteiger partial charge < -0.3 is 19.5 Å². The Morgan fingerprint density at radius 2 is 1.47 bits per heavy atom. The Morgan fingerprint density at radius 1 is 0.763 bits per heavy atom. The lowest BCUT2D eigenvalue weighted by Gasteiger charge is -2.39. The molecule has 4 aromatic rings. The topological polar surface area (TPSA) is 65.8 Å². The molecule has 2 aliphatic rings. The van der Waals surface area contributed by atoms with Crippen molar-refractivity contribution in [2.45, 2.75) is 19.3 Å². The number of urea groups is 1. The Kier molecular flexibility index (Phi) is 6.35. The fourth-order valence-corrected chi connectivity index (χ4v) is 5.56. The molecular formula is C32H29N3O3. The summed E-state index contributed by atoms with van der Waals surface area (Å²) in [4.78, 5) is 30.0. The number of nitrogens with one attached hydrogen (secondary N) is 1. The van der Waals surface area contributed by atoms with Crippen molar-refractivity contribution in [3.05, 3.63) is 102 Å². The predicted molar refractivity (Wildman–Crippen MR) is 148 cm³/mol. The average Bonchev–Trinajstić information content (AvgIpc) is 3.60. The first kappa shape index (κ1) is 23.9. The number of piperidine rings is 1. The van der Waals surface area contributed by atoms with E-state index in [0.717, 1.165) is 41.3 Å². The van der Waals surface area contributed by atoms with Crippen molar-refractivity contribution in [3.63, 3.8) is 0 Å². The van der Waals surface area contributed by atoms with E-state index in [2.05, 4.69) is 17.2 Å². The molecule has 1 spiro atoms. The molecule has 2 fully saturated rings. The molecule has 1 N–H and O–H groups in total. The number of fused-ring (bicyclic) bond motifs is 1. The molecule has 6 nitrogen and oxygen atoms in total. The number of amides is 3. The zero-order valence-corrected chi connectivity index (χ0v) is 21.2. The molecule has 2 saturated heterocycles. The second kappa shape index (κ2) is 10.1. The summed E-state index contributed by atoms with van der Waals surface area (Å²) in [6, 6.07) is 27.1. The summed E-state index contributed by atoms with van der Waals surface area (Å²) in [5.74, 6) is 6.77. The van der Waals surface area contributed by atoms with Gasteiger partial charge in [0, 0.05) is 37.1 Å². The normalized spacial score (nSPS) is 16.3. The first-order valence-electron chi connectivity index (χ1n) is 13.1. The number of rotatable bonds is 2. The van der Waals surface area contributed by atoms with Gasteiger partial charge in [0.25, 0.3) is 5.91 Å². The van der Waals surface area contributed by atoms with Gasteiger partial charge in [0.05, 0.1) is 5.69 Å². The lowest BCUT2D eigenvalue weighted by Crippen LogP contribution is -2.46. The van der Waals surface area contributed by atoms with Crippen LogP contribution >= 0.6 is 0 Å². The van der Waals surface area contributed by atoms with Crippen LogP contribution in [0.4, 0.5) is 10.5 Å². The molecule has 0 saturated carbocycles. The first-order chi connectivity index (χ1) is 18.6. The Labute approximate surface area is 222 Å². The van der Waals surface area contributed by atoms with Gasteiger partial charge >= 0.3 is 6.03 Å². The van der Waals surface area contributed by atoms with Gasteiger partial charge in [-0.2, -0.15) is 0 Å². The van der Waals surface area contributed by atoms with Gasteiger partial charge in [0.1, 0.15) is 0 Å². The molecule has 1 aromatic heterocycles. The van der Waals surface area contributed by atoms with Crippen LogP contribution in [0.5, 0.6) is 0 Å². The number of anilines is 1. The van der Waals surface area contributed by atoms with E-state index >= 15 is 0 Å². The van der Waals surface area contributed by atoms with E-state index < -0.39 is 0 Å². The summed E-state index contributed by atoms with van der Waals surface area (Å²) >= 11 is 0. The van der Waals surface area contributed by atoms with Gasteiger partial charge in [0.15, 0.2) is 11.5 Å². The van der Waals surface area contributed by atoms with E-state index in [1.807, 2.05) is 82.6 Å². The smallest absolute Gasteiger partial charge is 0.321 e. The van der Waals surface area contributed by atoms with Gasteiger partial charge in [-0.25, -0.2) is 4.79 Å². The van der Waals surface area contributed by atoms with Crippen molar-refractivity contribution in [3.8, 4) is 11.8 Å². The highest BCUT2D eigenvalue weighted by molar-refractivity contribution is 6.01. The number of hydrogen-bond acceptors (Lipinski definition) is 3. The van der Waals surface area contributed by atoms with Gasteiger partial charge in [-0.05, 0) is 66.3 Å². The van der Waals surface area contributed by atoms with Crippen LogP contribution in [0.2, 0.25) is 0 Å². The number of furan rings is 1. The molecule has 0 radical (unpaired) electrons. The van der Waals surface area contributed by atoms with E-state index in [1.165, 1.54) is 0 Å². The highest BCUT2D eigenvalue weighted by atomic mass is 16.3. The minimum Gasteiger partial charge on any atom is -0.443 e. The fourth-order valence-electron chi connectivity index (χ4n) is 5.56. The Bertz CT molecular complexity index is 1530. The number of carbonyl (C=O) groups is 2. The van der Waals surface area contributed by atoms with Crippen molar-refractivity contribution < 1.29 is 14.0 Å². The monoisotopic (exact) mass is 503 g/mol. The average molecular weight is 504 g/mol. The van der Waals surface area contributed by atoms with Crippen LogP contribution in [0, 0.1) is 17.3 Å².